The topological polar surface area (TPSA) is 58.4 Å². The van der Waals surface area contributed by atoms with Gasteiger partial charge in [0.25, 0.3) is 0 Å². The second-order valence-electron chi connectivity index (χ2n) is 6.52. The van der Waals surface area contributed by atoms with Gasteiger partial charge in [0.2, 0.25) is 5.91 Å². The van der Waals surface area contributed by atoms with Crippen molar-refractivity contribution in [3.8, 4) is 0 Å². The van der Waals surface area contributed by atoms with Gasteiger partial charge in [-0.25, -0.2) is 0 Å². The fourth-order valence-electron chi connectivity index (χ4n) is 2.34. The lowest BCUT2D eigenvalue weighted by atomic mass is 9.78. The van der Waals surface area contributed by atoms with Gasteiger partial charge in [-0.2, -0.15) is 0 Å². The quantitative estimate of drug-likeness (QED) is 0.794. The van der Waals surface area contributed by atoms with Crippen LogP contribution >= 0.6 is 0 Å². The summed E-state index contributed by atoms with van der Waals surface area (Å²) in [4.78, 5) is 14.3. The number of nitrogens with two attached hydrogens (primary N) is 1. The molecular formula is C14H29N3O. The maximum Gasteiger partial charge on any atom is 0.224 e. The highest BCUT2D eigenvalue weighted by Gasteiger charge is 2.33. The van der Waals surface area contributed by atoms with Crippen molar-refractivity contribution in [2.75, 3.05) is 20.6 Å². The van der Waals surface area contributed by atoms with Crippen molar-refractivity contribution in [3.63, 3.8) is 0 Å². The summed E-state index contributed by atoms with van der Waals surface area (Å²) in [5, 5.41) is 3.06. The van der Waals surface area contributed by atoms with Crippen LogP contribution in [0.1, 0.15) is 40.0 Å². The van der Waals surface area contributed by atoms with Crippen molar-refractivity contribution in [2.24, 2.45) is 17.6 Å². The molecule has 0 radical (unpaired) electrons. The molecule has 1 amide bonds. The molecule has 0 aliphatic heterocycles. The molecule has 0 saturated heterocycles. The van der Waals surface area contributed by atoms with Gasteiger partial charge in [0.15, 0.2) is 0 Å². The maximum absolute atomic E-state index is 12.2. The molecule has 3 atom stereocenters. The Balaban J connectivity index is 2.50. The van der Waals surface area contributed by atoms with Crippen LogP contribution in [0.25, 0.3) is 0 Å². The molecule has 1 rings (SSSR count). The van der Waals surface area contributed by atoms with Gasteiger partial charge in [-0.05, 0) is 46.7 Å². The Kier molecular flexibility index (Phi) is 5.17. The molecule has 0 aromatic heterocycles. The minimum Gasteiger partial charge on any atom is -0.354 e. The summed E-state index contributed by atoms with van der Waals surface area (Å²) in [5.74, 6) is 0.576. The average molecular weight is 255 g/mol. The zero-order valence-corrected chi connectivity index (χ0v) is 12.5. The van der Waals surface area contributed by atoms with E-state index in [1.165, 1.54) is 0 Å². The summed E-state index contributed by atoms with van der Waals surface area (Å²) < 4.78 is 0. The number of rotatable bonds is 4. The van der Waals surface area contributed by atoms with Gasteiger partial charge >= 0.3 is 0 Å². The third kappa shape index (κ3) is 3.69. The molecule has 4 nitrogen and oxygen atoms in total. The molecule has 0 bridgehead atoms. The highest BCUT2D eigenvalue weighted by Crippen LogP contribution is 2.28. The fraction of sp³-hybridized carbons (Fsp3) is 0.929. The Labute approximate surface area is 111 Å². The van der Waals surface area contributed by atoms with Gasteiger partial charge in [0, 0.05) is 18.1 Å². The van der Waals surface area contributed by atoms with Crippen LogP contribution in [0.15, 0.2) is 0 Å². The number of likely N-dealkylation sites (N-methyl/N-ethyl adjacent to an activating group) is 1. The summed E-state index contributed by atoms with van der Waals surface area (Å²) in [6.45, 7) is 7.05. The van der Waals surface area contributed by atoms with Crippen LogP contribution < -0.4 is 11.1 Å². The van der Waals surface area contributed by atoms with Crippen molar-refractivity contribution in [2.45, 2.75) is 51.6 Å². The van der Waals surface area contributed by atoms with Crippen molar-refractivity contribution in [1.29, 1.82) is 0 Å². The Hall–Kier alpha value is -0.610. The van der Waals surface area contributed by atoms with E-state index in [-0.39, 0.29) is 23.4 Å². The number of carbonyl (C=O) groups is 1. The highest BCUT2D eigenvalue weighted by atomic mass is 16.1. The number of hydrogen-bond acceptors (Lipinski definition) is 3. The molecule has 0 heterocycles. The number of nitrogens with one attached hydrogen (secondary N) is 1. The van der Waals surface area contributed by atoms with Crippen LogP contribution in [-0.2, 0) is 4.79 Å². The monoisotopic (exact) mass is 255 g/mol. The van der Waals surface area contributed by atoms with E-state index in [0.717, 1.165) is 19.3 Å². The van der Waals surface area contributed by atoms with Gasteiger partial charge in [-0.15, -0.1) is 0 Å². The molecule has 1 fully saturated rings. The third-order valence-corrected chi connectivity index (χ3v) is 4.54. The lowest BCUT2D eigenvalue weighted by Gasteiger charge is -2.36. The first-order valence-electron chi connectivity index (χ1n) is 6.96. The number of carbonyl (C=O) groups excluding carboxylic acids is 1. The summed E-state index contributed by atoms with van der Waals surface area (Å²) in [5.41, 5.74) is 6.12. The molecule has 106 valence electrons. The second-order valence-corrected chi connectivity index (χ2v) is 6.52. The normalized spacial score (nSPS) is 29.4. The minimum absolute atomic E-state index is 0.00767. The Morgan fingerprint density at radius 2 is 2.00 bits per heavy atom. The van der Waals surface area contributed by atoms with E-state index in [2.05, 4.69) is 31.0 Å². The standard InChI is InChI=1S/C14H29N3O/c1-10-7-6-8-11(12(10)15)13(18)16-9-14(2,3)17(4)5/h10-12H,6-9,15H2,1-5H3,(H,16,18). The SMILES string of the molecule is CC1CCCC(C(=O)NCC(C)(C)N(C)C)C1N. The molecule has 1 saturated carbocycles. The third-order valence-electron chi connectivity index (χ3n) is 4.54. The smallest absolute Gasteiger partial charge is 0.224 e. The molecular weight excluding hydrogens is 226 g/mol. The predicted molar refractivity (Wildman–Crippen MR) is 75.3 cm³/mol. The molecule has 18 heavy (non-hydrogen) atoms. The molecule has 1 aliphatic carbocycles. The van der Waals surface area contributed by atoms with Gasteiger partial charge < -0.3 is 16.0 Å². The Morgan fingerprint density at radius 3 is 2.56 bits per heavy atom. The van der Waals surface area contributed by atoms with Crippen LogP contribution in [0.2, 0.25) is 0 Å². The molecule has 4 heteroatoms. The van der Waals surface area contributed by atoms with E-state index in [1.807, 2.05) is 14.1 Å². The molecule has 3 unspecified atom stereocenters. The van der Waals surface area contributed by atoms with E-state index in [1.54, 1.807) is 0 Å². The minimum atomic E-state index is -0.0277. The Bertz CT molecular complexity index is 289. The number of amides is 1. The van der Waals surface area contributed by atoms with E-state index in [0.29, 0.717) is 12.5 Å². The zero-order chi connectivity index (χ0) is 13.9. The summed E-state index contributed by atoms with van der Waals surface area (Å²) in [7, 11) is 4.06. The fourth-order valence-corrected chi connectivity index (χ4v) is 2.34. The predicted octanol–water partition coefficient (Wildman–Crippen LogP) is 1.21. The summed E-state index contributed by atoms with van der Waals surface area (Å²) in [6, 6.07) is 0.0150. The van der Waals surface area contributed by atoms with E-state index in [9.17, 15) is 4.79 Å². The van der Waals surface area contributed by atoms with E-state index < -0.39 is 0 Å². The van der Waals surface area contributed by atoms with Crippen LogP contribution in [0.5, 0.6) is 0 Å². The van der Waals surface area contributed by atoms with Crippen LogP contribution in [0, 0.1) is 11.8 Å². The van der Waals surface area contributed by atoms with Crippen LogP contribution in [-0.4, -0.2) is 43.0 Å². The van der Waals surface area contributed by atoms with Crippen LogP contribution in [0.4, 0.5) is 0 Å². The average Bonchev–Trinajstić information content (AvgIpc) is 2.29. The van der Waals surface area contributed by atoms with Gasteiger partial charge in [-0.1, -0.05) is 13.3 Å². The first-order valence-corrected chi connectivity index (χ1v) is 6.96. The zero-order valence-electron chi connectivity index (χ0n) is 12.5. The van der Waals surface area contributed by atoms with Gasteiger partial charge in [0.05, 0.1) is 5.92 Å². The molecule has 3 N–H and O–H groups in total. The van der Waals surface area contributed by atoms with E-state index in [4.69, 9.17) is 5.73 Å². The molecule has 1 aliphatic rings. The van der Waals surface area contributed by atoms with Gasteiger partial charge in [-0.3, -0.25) is 4.79 Å². The van der Waals surface area contributed by atoms with Crippen molar-refractivity contribution < 1.29 is 4.79 Å². The number of nitrogens with zero attached hydrogens (tertiary/aromatic N) is 1. The highest BCUT2D eigenvalue weighted by molar-refractivity contribution is 5.79. The maximum atomic E-state index is 12.2. The van der Waals surface area contributed by atoms with Crippen molar-refractivity contribution in [1.82, 2.24) is 10.2 Å². The first-order chi connectivity index (χ1) is 8.25. The summed E-state index contributed by atoms with van der Waals surface area (Å²) >= 11 is 0. The number of hydrogen-bond donors (Lipinski definition) is 2. The Morgan fingerprint density at radius 1 is 1.39 bits per heavy atom. The van der Waals surface area contributed by atoms with Gasteiger partial charge in [0.1, 0.15) is 0 Å². The first kappa shape index (κ1) is 15.4. The van der Waals surface area contributed by atoms with Crippen molar-refractivity contribution in [3.05, 3.63) is 0 Å². The lowest BCUT2D eigenvalue weighted by Crippen LogP contribution is -2.52. The van der Waals surface area contributed by atoms with Crippen molar-refractivity contribution >= 4 is 5.91 Å². The lowest BCUT2D eigenvalue weighted by molar-refractivity contribution is -0.127. The largest absolute Gasteiger partial charge is 0.354 e. The molecule has 0 spiro atoms. The second kappa shape index (κ2) is 6.02. The van der Waals surface area contributed by atoms with Crippen LogP contribution in [0.3, 0.4) is 0 Å². The molecule has 0 aromatic carbocycles. The summed E-state index contributed by atoms with van der Waals surface area (Å²) in [6.07, 6.45) is 3.19. The molecule has 0 aromatic rings. The van der Waals surface area contributed by atoms with E-state index >= 15 is 0 Å².